The summed E-state index contributed by atoms with van der Waals surface area (Å²) in [5.74, 6) is 0.835. The molecule has 3 heteroatoms. The predicted molar refractivity (Wildman–Crippen MR) is 64.6 cm³/mol. The highest BCUT2D eigenvalue weighted by Crippen LogP contribution is 2.06. The number of carbonyl (C=O) groups excluding carboxylic acids is 1. The molecular formula is C12H26N2O. The van der Waals surface area contributed by atoms with E-state index in [0.29, 0.717) is 12.3 Å². The minimum atomic E-state index is -0.241. The van der Waals surface area contributed by atoms with Gasteiger partial charge in [-0.2, -0.15) is 0 Å². The zero-order valence-electron chi connectivity index (χ0n) is 10.6. The van der Waals surface area contributed by atoms with Gasteiger partial charge in [0.2, 0.25) is 5.91 Å². The lowest BCUT2D eigenvalue weighted by atomic mass is 10.00. The van der Waals surface area contributed by atoms with E-state index in [1.807, 2.05) is 13.8 Å². The van der Waals surface area contributed by atoms with Gasteiger partial charge >= 0.3 is 0 Å². The van der Waals surface area contributed by atoms with Crippen molar-refractivity contribution in [3.05, 3.63) is 0 Å². The van der Waals surface area contributed by atoms with Gasteiger partial charge in [0.05, 0.1) is 0 Å². The largest absolute Gasteiger partial charge is 0.356 e. The van der Waals surface area contributed by atoms with Crippen molar-refractivity contribution in [1.82, 2.24) is 5.32 Å². The van der Waals surface area contributed by atoms with Gasteiger partial charge in [-0.05, 0) is 39.0 Å². The average Bonchev–Trinajstić information content (AvgIpc) is 2.07. The van der Waals surface area contributed by atoms with E-state index in [1.165, 1.54) is 6.42 Å². The monoisotopic (exact) mass is 214 g/mol. The second kappa shape index (κ2) is 6.83. The van der Waals surface area contributed by atoms with Crippen molar-refractivity contribution in [1.29, 1.82) is 0 Å². The number of carbonyl (C=O) groups is 1. The molecule has 1 amide bonds. The van der Waals surface area contributed by atoms with E-state index in [0.717, 1.165) is 19.4 Å². The molecule has 0 saturated carbocycles. The number of nitrogens with one attached hydrogen (secondary N) is 1. The molecule has 0 aromatic carbocycles. The Morgan fingerprint density at radius 1 is 1.40 bits per heavy atom. The van der Waals surface area contributed by atoms with Crippen molar-refractivity contribution in [3.8, 4) is 0 Å². The summed E-state index contributed by atoms with van der Waals surface area (Å²) in [6, 6.07) is 0. The van der Waals surface area contributed by atoms with E-state index in [1.54, 1.807) is 0 Å². The third-order valence-corrected chi connectivity index (χ3v) is 2.28. The van der Waals surface area contributed by atoms with Crippen molar-refractivity contribution in [2.45, 2.75) is 58.9 Å². The van der Waals surface area contributed by atoms with Crippen LogP contribution in [-0.2, 0) is 4.79 Å². The predicted octanol–water partition coefficient (Wildman–Crippen LogP) is 2.06. The van der Waals surface area contributed by atoms with Gasteiger partial charge in [0.1, 0.15) is 0 Å². The molecule has 90 valence electrons. The molecule has 0 atom stereocenters. The maximum atomic E-state index is 11.4. The fourth-order valence-electron chi connectivity index (χ4n) is 1.26. The highest BCUT2D eigenvalue weighted by atomic mass is 16.1. The van der Waals surface area contributed by atoms with Crippen molar-refractivity contribution in [3.63, 3.8) is 0 Å². The Morgan fingerprint density at radius 3 is 2.47 bits per heavy atom. The van der Waals surface area contributed by atoms with Crippen LogP contribution < -0.4 is 11.1 Å². The summed E-state index contributed by atoms with van der Waals surface area (Å²) >= 11 is 0. The summed E-state index contributed by atoms with van der Waals surface area (Å²) in [6.07, 6.45) is 3.51. The fourth-order valence-corrected chi connectivity index (χ4v) is 1.26. The summed E-state index contributed by atoms with van der Waals surface area (Å²) in [7, 11) is 0. The second-order valence-corrected chi connectivity index (χ2v) is 5.37. The van der Waals surface area contributed by atoms with Crippen LogP contribution in [0.1, 0.15) is 53.4 Å². The molecule has 0 radical (unpaired) electrons. The Labute approximate surface area is 93.8 Å². The molecule has 0 unspecified atom stereocenters. The lowest BCUT2D eigenvalue weighted by Crippen LogP contribution is -2.34. The molecule has 0 saturated heterocycles. The van der Waals surface area contributed by atoms with Gasteiger partial charge in [-0.15, -0.1) is 0 Å². The molecule has 0 heterocycles. The fraction of sp³-hybridized carbons (Fsp3) is 0.917. The molecule has 0 spiro atoms. The molecule has 3 nitrogen and oxygen atoms in total. The Kier molecular flexibility index (Phi) is 6.57. The van der Waals surface area contributed by atoms with Gasteiger partial charge < -0.3 is 11.1 Å². The zero-order chi connectivity index (χ0) is 11.9. The molecule has 0 aliphatic heterocycles. The summed E-state index contributed by atoms with van der Waals surface area (Å²) < 4.78 is 0. The lowest BCUT2D eigenvalue weighted by Gasteiger charge is -2.17. The molecular weight excluding hydrogens is 188 g/mol. The molecule has 0 aliphatic carbocycles. The molecule has 0 aromatic rings. The first-order valence-electron chi connectivity index (χ1n) is 5.87. The van der Waals surface area contributed by atoms with Crippen molar-refractivity contribution >= 4 is 5.91 Å². The topological polar surface area (TPSA) is 55.1 Å². The molecule has 15 heavy (non-hydrogen) atoms. The molecule has 0 aromatic heterocycles. The summed E-state index contributed by atoms with van der Waals surface area (Å²) in [6.45, 7) is 9.07. The van der Waals surface area contributed by atoms with E-state index in [4.69, 9.17) is 5.73 Å². The van der Waals surface area contributed by atoms with Gasteiger partial charge in [0.25, 0.3) is 0 Å². The number of rotatable bonds is 7. The van der Waals surface area contributed by atoms with Gasteiger partial charge in [0.15, 0.2) is 0 Å². The highest BCUT2D eigenvalue weighted by molar-refractivity contribution is 5.75. The molecule has 0 aliphatic rings. The van der Waals surface area contributed by atoms with Crippen LogP contribution in [0, 0.1) is 5.92 Å². The van der Waals surface area contributed by atoms with Crippen LogP contribution in [-0.4, -0.2) is 18.0 Å². The lowest BCUT2D eigenvalue weighted by molar-refractivity contribution is -0.121. The van der Waals surface area contributed by atoms with Crippen LogP contribution in [0.5, 0.6) is 0 Å². The summed E-state index contributed by atoms with van der Waals surface area (Å²) in [4.78, 5) is 11.4. The number of amides is 1. The van der Waals surface area contributed by atoms with Crippen LogP contribution in [0.2, 0.25) is 0 Å². The minimum Gasteiger partial charge on any atom is -0.356 e. The van der Waals surface area contributed by atoms with Crippen LogP contribution in [0.15, 0.2) is 0 Å². The Hall–Kier alpha value is -0.570. The first-order valence-corrected chi connectivity index (χ1v) is 5.87. The smallest absolute Gasteiger partial charge is 0.220 e. The standard InChI is InChI=1S/C12H26N2O/c1-10(2)6-5-9-14-11(15)7-8-12(3,4)13/h10H,5-9,13H2,1-4H3,(H,14,15). The van der Waals surface area contributed by atoms with E-state index >= 15 is 0 Å². The van der Waals surface area contributed by atoms with E-state index in [9.17, 15) is 4.79 Å². The van der Waals surface area contributed by atoms with Crippen LogP contribution in [0.3, 0.4) is 0 Å². The van der Waals surface area contributed by atoms with E-state index < -0.39 is 0 Å². The average molecular weight is 214 g/mol. The first-order chi connectivity index (χ1) is 6.81. The Balaban J connectivity index is 3.42. The third-order valence-electron chi connectivity index (χ3n) is 2.28. The SMILES string of the molecule is CC(C)CCCNC(=O)CCC(C)(C)N. The van der Waals surface area contributed by atoms with E-state index in [2.05, 4.69) is 19.2 Å². The number of hydrogen-bond acceptors (Lipinski definition) is 2. The van der Waals surface area contributed by atoms with Gasteiger partial charge in [0, 0.05) is 18.5 Å². The Bertz CT molecular complexity index is 183. The van der Waals surface area contributed by atoms with Crippen molar-refractivity contribution in [2.75, 3.05) is 6.54 Å². The zero-order valence-corrected chi connectivity index (χ0v) is 10.6. The van der Waals surface area contributed by atoms with Gasteiger partial charge in [-0.25, -0.2) is 0 Å². The molecule has 3 N–H and O–H groups in total. The van der Waals surface area contributed by atoms with Crippen molar-refractivity contribution in [2.24, 2.45) is 11.7 Å². The molecule has 0 rings (SSSR count). The normalized spacial score (nSPS) is 11.9. The third kappa shape index (κ3) is 11.4. The van der Waals surface area contributed by atoms with Gasteiger partial charge in [-0.1, -0.05) is 13.8 Å². The molecule has 0 bridgehead atoms. The van der Waals surface area contributed by atoms with Crippen LogP contribution in [0.4, 0.5) is 0 Å². The minimum absolute atomic E-state index is 0.122. The highest BCUT2D eigenvalue weighted by Gasteiger charge is 2.12. The van der Waals surface area contributed by atoms with E-state index in [-0.39, 0.29) is 11.4 Å². The quantitative estimate of drug-likeness (QED) is 0.637. The van der Waals surface area contributed by atoms with Gasteiger partial charge in [-0.3, -0.25) is 4.79 Å². The maximum Gasteiger partial charge on any atom is 0.220 e. The summed E-state index contributed by atoms with van der Waals surface area (Å²) in [5, 5.41) is 2.92. The number of hydrogen-bond donors (Lipinski definition) is 2. The summed E-state index contributed by atoms with van der Waals surface area (Å²) in [5.41, 5.74) is 5.56. The maximum absolute atomic E-state index is 11.4. The van der Waals surface area contributed by atoms with Crippen molar-refractivity contribution < 1.29 is 4.79 Å². The Morgan fingerprint density at radius 2 is 2.00 bits per heavy atom. The van der Waals surface area contributed by atoms with Crippen LogP contribution >= 0.6 is 0 Å². The molecule has 0 fully saturated rings. The second-order valence-electron chi connectivity index (χ2n) is 5.37. The van der Waals surface area contributed by atoms with Crippen LogP contribution in [0.25, 0.3) is 0 Å². The number of nitrogens with two attached hydrogens (primary N) is 1. The first kappa shape index (κ1) is 14.4.